The van der Waals surface area contributed by atoms with E-state index in [1.54, 1.807) is 0 Å². The first kappa shape index (κ1) is 15.1. The number of nitrogens with zero attached hydrogens (tertiary/aromatic N) is 5. The van der Waals surface area contributed by atoms with Gasteiger partial charge in [0.2, 0.25) is 11.9 Å². The number of guanidine groups is 2. The summed E-state index contributed by atoms with van der Waals surface area (Å²) in [4.78, 5) is 4.36. The van der Waals surface area contributed by atoms with E-state index in [0.717, 1.165) is 22.5 Å². The fourth-order valence-electron chi connectivity index (χ4n) is 1.33. The van der Waals surface area contributed by atoms with Crippen molar-refractivity contribution < 1.29 is 0 Å². The Labute approximate surface area is 116 Å². The monoisotopic (exact) mass is 275 g/mol. The average molecular weight is 275 g/mol. The number of rotatable bonds is 4. The molecule has 1 rings (SSSR count). The molecule has 0 fully saturated rings. The molecule has 0 saturated heterocycles. The van der Waals surface area contributed by atoms with Gasteiger partial charge in [0.25, 0.3) is 0 Å². The molecule has 9 heteroatoms. The van der Waals surface area contributed by atoms with E-state index in [9.17, 15) is 0 Å². The Bertz CT molecular complexity index is 541. The summed E-state index contributed by atoms with van der Waals surface area (Å²) in [5, 5.41) is 14.5. The van der Waals surface area contributed by atoms with Crippen molar-refractivity contribution >= 4 is 24.3 Å². The molecule has 0 bridgehead atoms. The molecule has 20 heavy (non-hydrogen) atoms. The summed E-state index contributed by atoms with van der Waals surface area (Å²) < 4.78 is 0. The van der Waals surface area contributed by atoms with Crippen molar-refractivity contribution in [1.29, 1.82) is 0 Å². The predicted octanol–water partition coefficient (Wildman–Crippen LogP) is -1.09. The summed E-state index contributed by atoms with van der Waals surface area (Å²) in [7, 11) is 0. The fraction of sp³-hybridized carbons (Fsp3) is 0.182. The lowest BCUT2D eigenvalue weighted by atomic mass is 10.1. The summed E-state index contributed by atoms with van der Waals surface area (Å²) in [6, 6.07) is 1.83. The van der Waals surface area contributed by atoms with E-state index in [4.69, 9.17) is 22.9 Å². The minimum atomic E-state index is -0.117. The highest BCUT2D eigenvalue weighted by atomic mass is 15.3. The maximum absolute atomic E-state index is 5.18. The predicted molar refractivity (Wildman–Crippen MR) is 80.5 cm³/mol. The lowest BCUT2D eigenvalue weighted by Crippen LogP contribution is -2.21. The fourth-order valence-corrected chi connectivity index (χ4v) is 1.33. The van der Waals surface area contributed by atoms with E-state index >= 15 is 0 Å². The highest BCUT2D eigenvalue weighted by Gasteiger charge is 2.03. The first-order valence-electron chi connectivity index (χ1n) is 5.62. The highest BCUT2D eigenvalue weighted by Crippen LogP contribution is 2.09. The third-order valence-electron chi connectivity index (χ3n) is 2.22. The van der Waals surface area contributed by atoms with Gasteiger partial charge in [-0.1, -0.05) is 0 Å². The molecule has 0 unspecified atom stereocenters. The summed E-state index contributed by atoms with van der Waals surface area (Å²) in [6.07, 6.45) is 3.00. The van der Waals surface area contributed by atoms with Crippen molar-refractivity contribution in [3.05, 3.63) is 28.6 Å². The molecule has 0 aliphatic carbocycles. The normalized spacial score (nSPS) is 10.9. The lowest BCUT2D eigenvalue weighted by Gasteiger charge is -2.04. The lowest BCUT2D eigenvalue weighted by molar-refractivity contribution is 1.10. The number of hydrogen-bond donors (Lipinski definition) is 4. The number of hydrogen-bond acceptors (Lipinski definition) is 5. The smallest absolute Gasteiger partial charge is 0.211 e. The Morgan fingerprint density at radius 3 is 1.65 bits per heavy atom. The second kappa shape index (κ2) is 6.83. The molecule has 0 amide bonds. The molecule has 9 nitrogen and oxygen atoms in total. The van der Waals surface area contributed by atoms with Gasteiger partial charge in [0.05, 0.1) is 12.4 Å². The van der Waals surface area contributed by atoms with E-state index < -0.39 is 0 Å². The van der Waals surface area contributed by atoms with Gasteiger partial charge in [-0.15, -0.1) is 10.2 Å². The molecule has 0 aromatic carbocycles. The van der Waals surface area contributed by atoms with Crippen LogP contribution in [0.1, 0.15) is 22.5 Å². The number of aromatic nitrogens is 1. The molecule has 1 aromatic rings. The molecular weight excluding hydrogens is 258 g/mol. The van der Waals surface area contributed by atoms with Crippen LogP contribution in [0.15, 0.2) is 26.5 Å². The summed E-state index contributed by atoms with van der Waals surface area (Å²) >= 11 is 0. The third kappa shape index (κ3) is 4.72. The van der Waals surface area contributed by atoms with Gasteiger partial charge in [-0.2, -0.15) is 10.2 Å². The van der Waals surface area contributed by atoms with Crippen molar-refractivity contribution in [1.82, 2.24) is 4.98 Å². The van der Waals surface area contributed by atoms with Crippen LogP contribution in [0, 0.1) is 13.8 Å². The number of aryl methyl sites for hydroxylation is 2. The summed E-state index contributed by atoms with van der Waals surface area (Å²) in [6.45, 7) is 3.70. The third-order valence-corrected chi connectivity index (χ3v) is 2.22. The zero-order valence-electron chi connectivity index (χ0n) is 11.3. The van der Waals surface area contributed by atoms with Crippen molar-refractivity contribution in [2.24, 2.45) is 43.3 Å². The molecule has 106 valence electrons. The highest BCUT2D eigenvalue weighted by molar-refractivity contribution is 5.88. The van der Waals surface area contributed by atoms with E-state index in [-0.39, 0.29) is 11.9 Å². The second-order valence-corrected chi connectivity index (χ2v) is 3.88. The van der Waals surface area contributed by atoms with Crippen LogP contribution in [0.5, 0.6) is 0 Å². The van der Waals surface area contributed by atoms with Crippen LogP contribution in [0.4, 0.5) is 0 Å². The maximum Gasteiger partial charge on any atom is 0.211 e. The number of nitrogens with two attached hydrogens (primary N) is 4. The maximum atomic E-state index is 5.18. The molecular formula is C11H17N9. The molecule has 1 heterocycles. The number of pyridine rings is 1. The molecule has 0 aliphatic heterocycles. The van der Waals surface area contributed by atoms with Crippen LogP contribution in [0.25, 0.3) is 0 Å². The largest absolute Gasteiger partial charge is 0.369 e. The first-order valence-corrected chi connectivity index (χ1v) is 5.62. The van der Waals surface area contributed by atoms with Gasteiger partial charge in [-0.3, -0.25) is 4.98 Å². The van der Waals surface area contributed by atoms with Crippen molar-refractivity contribution in [3.63, 3.8) is 0 Å². The molecule has 0 spiro atoms. The zero-order chi connectivity index (χ0) is 15.1. The first-order chi connectivity index (χ1) is 9.40. The average Bonchev–Trinajstić information content (AvgIpc) is 2.33. The molecule has 0 radical (unpaired) electrons. The van der Waals surface area contributed by atoms with E-state index in [1.165, 1.54) is 12.4 Å². The SMILES string of the molecule is Cc1nc(C)c(/C=N/N=C(N)N)cc1/C=N/N=C(N)N. The van der Waals surface area contributed by atoms with Crippen LogP contribution in [-0.4, -0.2) is 29.3 Å². The van der Waals surface area contributed by atoms with Gasteiger partial charge in [0.1, 0.15) is 0 Å². The Hall–Kier alpha value is -2.97. The van der Waals surface area contributed by atoms with Gasteiger partial charge < -0.3 is 22.9 Å². The topological polar surface area (TPSA) is 166 Å². The van der Waals surface area contributed by atoms with Crippen LogP contribution >= 0.6 is 0 Å². The van der Waals surface area contributed by atoms with E-state index in [1.807, 2.05) is 19.9 Å². The van der Waals surface area contributed by atoms with Crippen molar-refractivity contribution in [2.75, 3.05) is 0 Å². The Morgan fingerprint density at radius 1 is 0.900 bits per heavy atom. The Balaban J connectivity index is 3.09. The molecule has 0 aliphatic rings. The van der Waals surface area contributed by atoms with Gasteiger partial charge >= 0.3 is 0 Å². The van der Waals surface area contributed by atoms with Crippen LogP contribution in [0.2, 0.25) is 0 Å². The molecule has 0 saturated carbocycles. The quantitative estimate of drug-likeness (QED) is 0.311. The van der Waals surface area contributed by atoms with Crippen LogP contribution in [-0.2, 0) is 0 Å². The molecule has 0 atom stereocenters. The van der Waals surface area contributed by atoms with Gasteiger partial charge in [0, 0.05) is 22.5 Å². The summed E-state index contributed by atoms with van der Waals surface area (Å²) in [5.41, 5.74) is 23.8. The van der Waals surface area contributed by atoms with Crippen molar-refractivity contribution in [3.8, 4) is 0 Å². The minimum Gasteiger partial charge on any atom is -0.369 e. The van der Waals surface area contributed by atoms with Crippen LogP contribution in [0.3, 0.4) is 0 Å². The van der Waals surface area contributed by atoms with Crippen LogP contribution < -0.4 is 22.9 Å². The standard InChI is InChI=1S/C11H17N9/c1-6-8(4-16-19-10(12)13)3-9(7(2)18-6)5-17-20-11(14)15/h3-5H,1-2H3,(H4,12,13,19)(H4,14,15,20)/b16-4+,17-5+. The second-order valence-electron chi connectivity index (χ2n) is 3.88. The van der Waals surface area contributed by atoms with Gasteiger partial charge in [0.15, 0.2) is 0 Å². The van der Waals surface area contributed by atoms with Gasteiger partial charge in [-0.05, 0) is 19.9 Å². The summed E-state index contributed by atoms with van der Waals surface area (Å²) in [5.74, 6) is -0.234. The van der Waals surface area contributed by atoms with Crippen molar-refractivity contribution in [2.45, 2.75) is 13.8 Å². The Kier molecular flexibility index (Phi) is 5.15. The Morgan fingerprint density at radius 2 is 1.30 bits per heavy atom. The van der Waals surface area contributed by atoms with E-state index in [0.29, 0.717) is 0 Å². The molecule has 1 aromatic heterocycles. The van der Waals surface area contributed by atoms with Gasteiger partial charge in [-0.25, -0.2) is 0 Å². The molecule has 8 N–H and O–H groups in total. The zero-order valence-corrected chi connectivity index (χ0v) is 11.3. The minimum absolute atomic E-state index is 0.117. The van der Waals surface area contributed by atoms with E-state index in [2.05, 4.69) is 25.4 Å².